The highest BCUT2D eigenvalue weighted by atomic mass is 16.4. The predicted molar refractivity (Wildman–Crippen MR) is 138 cm³/mol. The van der Waals surface area contributed by atoms with Crippen molar-refractivity contribution in [2.45, 2.75) is 44.8 Å². The highest BCUT2D eigenvalue weighted by Gasteiger charge is 2.54. The third kappa shape index (κ3) is 4.56. The molecule has 2 saturated heterocycles. The number of amides is 2. The van der Waals surface area contributed by atoms with Crippen molar-refractivity contribution in [1.82, 2.24) is 20.1 Å². The lowest BCUT2D eigenvalue weighted by molar-refractivity contribution is -0.121. The van der Waals surface area contributed by atoms with E-state index in [4.69, 9.17) is 4.42 Å². The van der Waals surface area contributed by atoms with Crippen molar-refractivity contribution in [3.8, 4) is 0 Å². The molecule has 9 nitrogen and oxygen atoms in total. The summed E-state index contributed by atoms with van der Waals surface area (Å²) in [5.74, 6) is -0.429. The van der Waals surface area contributed by atoms with Crippen molar-refractivity contribution in [1.29, 1.82) is 0 Å². The number of carbonyl (C=O) groups is 2. The zero-order valence-corrected chi connectivity index (χ0v) is 20.8. The third-order valence-electron chi connectivity index (χ3n) is 7.35. The molecule has 3 atom stereocenters. The van der Waals surface area contributed by atoms with Gasteiger partial charge >= 0.3 is 5.76 Å². The fraction of sp³-hybridized carbons (Fsp3) is 0.444. The standard InChI is InChI=1S/C27H33N5O4/c1-3-13-32-22-10-9-20(14-23(22)36-26(32)35)29-24(34)15-31-17-27(30-18(2)33)16-28-12-11-21(27)25(31)19-7-5-4-6-8-19/h4-10,14,21,25,28H,3,11-13,15-17H2,1-2H3,(H,29,34)(H,30,33)/t21-,25-,27-/m1/s1. The Morgan fingerprint density at radius 1 is 1.19 bits per heavy atom. The molecule has 190 valence electrons. The Morgan fingerprint density at radius 2 is 2.00 bits per heavy atom. The maximum atomic E-state index is 13.2. The molecule has 0 unspecified atom stereocenters. The maximum Gasteiger partial charge on any atom is 0.419 e. The number of rotatable bonds is 7. The lowest BCUT2D eigenvalue weighted by Crippen LogP contribution is -2.62. The number of piperidine rings is 1. The second-order valence-corrected chi connectivity index (χ2v) is 9.92. The van der Waals surface area contributed by atoms with E-state index in [0.717, 1.165) is 30.5 Å². The number of aryl methyl sites for hydroxylation is 1. The van der Waals surface area contributed by atoms with Gasteiger partial charge in [-0.05, 0) is 37.1 Å². The monoisotopic (exact) mass is 491 g/mol. The molecule has 3 aromatic rings. The molecule has 0 bridgehead atoms. The number of hydrogen-bond acceptors (Lipinski definition) is 6. The number of oxazole rings is 1. The van der Waals surface area contributed by atoms with Crippen molar-refractivity contribution in [3.05, 3.63) is 64.6 Å². The van der Waals surface area contributed by atoms with Crippen LogP contribution in [0.4, 0.5) is 5.69 Å². The Hall–Kier alpha value is -3.43. The van der Waals surface area contributed by atoms with Gasteiger partial charge in [-0.15, -0.1) is 0 Å². The number of nitrogens with one attached hydrogen (secondary N) is 3. The number of aromatic nitrogens is 1. The number of nitrogens with zero attached hydrogens (tertiary/aromatic N) is 2. The molecule has 1 aromatic heterocycles. The molecular weight excluding hydrogens is 458 g/mol. The van der Waals surface area contributed by atoms with Crippen LogP contribution in [0.2, 0.25) is 0 Å². The number of likely N-dealkylation sites (tertiary alicyclic amines) is 1. The average Bonchev–Trinajstić information content (AvgIpc) is 3.32. The summed E-state index contributed by atoms with van der Waals surface area (Å²) in [7, 11) is 0. The van der Waals surface area contributed by atoms with Crippen LogP contribution in [0.3, 0.4) is 0 Å². The van der Waals surface area contributed by atoms with Crippen molar-refractivity contribution < 1.29 is 14.0 Å². The second-order valence-electron chi connectivity index (χ2n) is 9.92. The van der Waals surface area contributed by atoms with Gasteiger partial charge in [0.25, 0.3) is 0 Å². The Kier molecular flexibility index (Phi) is 6.68. The van der Waals surface area contributed by atoms with E-state index in [2.05, 4.69) is 33.0 Å². The fourth-order valence-electron chi connectivity index (χ4n) is 6.06. The van der Waals surface area contributed by atoms with Gasteiger partial charge in [0.2, 0.25) is 11.8 Å². The summed E-state index contributed by atoms with van der Waals surface area (Å²) >= 11 is 0. The van der Waals surface area contributed by atoms with Crippen LogP contribution in [0, 0.1) is 5.92 Å². The fourth-order valence-corrected chi connectivity index (χ4v) is 6.06. The summed E-state index contributed by atoms with van der Waals surface area (Å²) < 4.78 is 7.00. The Bertz CT molecular complexity index is 1320. The van der Waals surface area contributed by atoms with Crippen LogP contribution in [0.5, 0.6) is 0 Å². The van der Waals surface area contributed by atoms with Gasteiger partial charge in [0.1, 0.15) is 0 Å². The third-order valence-corrected chi connectivity index (χ3v) is 7.35. The summed E-state index contributed by atoms with van der Waals surface area (Å²) in [5, 5.41) is 9.64. The quantitative estimate of drug-likeness (QED) is 0.469. The van der Waals surface area contributed by atoms with E-state index >= 15 is 0 Å². The van der Waals surface area contributed by atoms with Gasteiger partial charge in [-0.25, -0.2) is 4.79 Å². The first-order valence-corrected chi connectivity index (χ1v) is 12.6. The second kappa shape index (κ2) is 9.91. The Balaban J connectivity index is 1.39. The molecule has 0 spiro atoms. The minimum Gasteiger partial charge on any atom is -0.408 e. The SMILES string of the molecule is CCCn1c(=O)oc2cc(NC(=O)CN3C[C@]4(NC(C)=O)CNCC[C@@H]4[C@H]3c3ccccc3)ccc21. The van der Waals surface area contributed by atoms with Crippen molar-refractivity contribution in [2.75, 3.05) is 31.5 Å². The summed E-state index contributed by atoms with van der Waals surface area (Å²) in [6, 6.07) is 15.5. The van der Waals surface area contributed by atoms with Gasteiger partial charge in [-0.2, -0.15) is 0 Å². The molecule has 0 saturated carbocycles. The van der Waals surface area contributed by atoms with E-state index in [1.54, 1.807) is 29.7 Å². The molecule has 2 aromatic carbocycles. The number of benzene rings is 2. The predicted octanol–water partition coefficient (Wildman–Crippen LogP) is 2.48. The normalized spacial score (nSPS) is 23.9. The van der Waals surface area contributed by atoms with Crippen LogP contribution in [-0.2, 0) is 16.1 Å². The van der Waals surface area contributed by atoms with Crippen molar-refractivity contribution in [2.24, 2.45) is 5.92 Å². The lowest BCUT2D eigenvalue weighted by Gasteiger charge is -2.41. The molecule has 2 amide bonds. The van der Waals surface area contributed by atoms with E-state index in [1.807, 2.05) is 25.1 Å². The molecular formula is C27H33N5O4. The van der Waals surface area contributed by atoms with Gasteiger partial charge in [0.05, 0.1) is 17.6 Å². The zero-order valence-electron chi connectivity index (χ0n) is 20.8. The summed E-state index contributed by atoms with van der Waals surface area (Å²) in [5.41, 5.74) is 2.46. The van der Waals surface area contributed by atoms with Crippen LogP contribution < -0.4 is 21.7 Å². The summed E-state index contributed by atoms with van der Waals surface area (Å²) in [6.07, 6.45) is 1.73. The summed E-state index contributed by atoms with van der Waals surface area (Å²) in [6.45, 7) is 6.43. The van der Waals surface area contributed by atoms with Gasteiger partial charge in [0.15, 0.2) is 5.58 Å². The Morgan fingerprint density at radius 3 is 2.75 bits per heavy atom. The minimum atomic E-state index is -0.435. The lowest BCUT2D eigenvalue weighted by atomic mass is 9.76. The molecule has 9 heteroatoms. The van der Waals surface area contributed by atoms with E-state index < -0.39 is 11.3 Å². The van der Waals surface area contributed by atoms with Crippen LogP contribution >= 0.6 is 0 Å². The highest BCUT2D eigenvalue weighted by Crippen LogP contribution is 2.46. The molecule has 5 rings (SSSR count). The topological polar surface area (TPSA) is 109 Å². The molecule has 2 aliphatic rings. The van der Waals surface area contributed by atoms with Crippen LogP contribution in [0.25, 0.3) is 11.1 Å². The first-order chi connectivity index (χ1) is 17.4. The number of carbonyl (C=O) groups excluding carboxylic acids is 2. The van der Waals surface area contributed by atoms with Crippen LogP contribution in [-0.4, -0.2) is 53.0 Å². The molecule has 3 heterocycles. The highest BCUT2D eigenvalue weighted by molar-refractivity contribution is 5.94. The number of anilines is 1. The van der Waals surface area contributed by atoms with Crippen molar-refractivity contribution in [3.63, 3.8) is 0 Å². The van der Waals surface area contributed by atoms with Gasteiger partial charge in [-0.1, -0.05) is 37.3 Å². The number of fused-ring (bicyclic) bond motifs is 2. The van der Waals surface area contributed by atoms with E-state index in [0.29, 0.717) is 30.9 Å². The summed E-state index contributed by atoms with van der Waals surface area (Å²) in [4.78, 5) is 39.7. The molecule has 2 aliphatic heterocycles. The minimum absolute atomic E-state index is 0.00878. The molecule has 0 aliphatic carbocycles. The van der Waals surface area contributed by atoms with Crippen LogP contribution in [0.15, 0.2) is 57.7 Å². The molecule has 36 heavy (non-hydrogen) atoms. The first kappa shape index (κ1) is 24.3. The van der Waals surface area contributed by atoms with Gasteiger partial charge < -0.3 is 20.4 Å². The van der Waals surface area contributed by atoms with E-state index in [9.17, 15) is 14.4 Å². The average molecular weight is 492 g/mol. The first-order valence-electron chi connectivity index (χ1n) is 12.6. The largest absolute Gasteiger partial charge is 0.419 e. The Labute approximate surface area is 209 Å². The van der Waals surface area contributed by atoms with Crippen molar-refractivity contribution >= 4 is 28.6 Å². The van der Waals surface area contributed by atoms with E-state index in [-0.39, 0.29) is 30.3 Å². The maximum absolute atomic E-state index is 13.2. The van der Waals surface area contributed by atoms with Gasteiger partial charge in [-0.3, -0.25) is 19.1 Å². The molecule has 2 fully saturated rings. The molecule has 3 N–H and O–H groups in total. The smallest absolute Gasteiger partial charge is 0.408 e. The number of hydrogen-bond donors (Lipinski definition) is 3. The van der Waals surface area contributed by atoms with E-state index in [1.165, 1.54) is 0 Å². The molecule has 0 radical (unpaired) electrons. The van der Waals surface area contributed by atoms with Crippen LogP contribution in [0.1, 0.15) is 38.3 Å². The zero-order chi connectivity index (χ0) is 25.3. The van der Waals surface area contributed by atoms with Gasteiger partial charge in [0, 0.05) is 50.3 Å².